The Morgan fingerprint density at radius 1 is 0.909 bits per heavy atom. The number of carbonyl (C=O) groups is 1. The molecule has 0 spiro atoms. The van der Waals surface area contributed by atoms with Crippen molar-refractivity contribution in [2.24, 2.45) is 0 Å². The highest BCUT2D eigenvalue weighted by atomic mass is 35.5. The molecule has 4 aromatic rings. The molecule has 2 heterocycles. The van der Waals surface area contributed by atoms with Crippen molar-refractivity contribution in [1.82, 2.24) is 0 Å². The molecule has 0 saturated carbocycles. The van der Waals surface area contributed by atoms with Crippen LogP contribution in [-0.2, 0) is 6.42 Å². The maximum Gasteiger partial charge on any atom is 0.204 e. The predicted octanol–water partition coefficient (Wildman–Crippen LogP) is 7.80. The van der Waals surface area contributed by atoms with E-state index < -0.39 is 0 Å². The molecule has 3 nitrogen and oxygen atoms in total. The van der Waals surface area contributed by atoms with E-state index in [9.17, 15) is 4.79 Å². The predicted molar refractivity (Wildman–Crippen MR) is 135 cm³/mol. The zero-order valence-electron chi connectivity index (χ0n) is 18.4. The van der Waals surface area contributed by atoms with Crippen LogP contribution < -0.4 is 4.90 Å². The summed E-state index contributed by atoms with van der Waals surface area (Å²) in [5.41, 5.74) is 5.75. The summed E-state index contributed by atoms with van der Waals surface area (Å²) in [4.78, 5) is 15.4. The Morgan fingerprint density at radius 3 is 2.27 bits per heavy atom. The standard InChI is InChI=1S/C29H24ClNO2/c1-20-26-14-8-13-23(27(32)21-9-4-2-5-10-21)19-31(25-17-15-24(30)16-18-25)29(26)33-28(20)22-11-6-3-7-12-22/h2-7,9-13,15-18H,8,14,19H2,1H3. The third-order valence-electron chi connectivity index (χ3n) is 6.11. The molecule has 0 amide bonds. The number of hydrogen-bond donors (Lipinski definition) is 0. The third kappa shape index (κ3) is 4.24. The molecule has 5 rings (SSSR count). The lowest BCUT2D eigenvalue weighted by Gasteiger charge is -2.26. The van der Waals surface area contributed by atoms with Crippen LogP contribution in [0.3, 0.4) is 0 Å². The molecule has 0 N–H and O–H groups in total. The van der Waals surface area contributed by atoms with E-state index in [1.165, 1.54) is 5.56 Å². The molecule has 33 heavy (non-hydrogen) atoms. The summed E-state index contributed by atoms with van der Waals surface area (Å²) in [7, 11) is 0. The monoisotopic (exact) mass is 453 g/mol. The first-order valence-electron chi connectivity index (χ1n) is 11.1. The van der Waals surface area contributed by atoms with Crippen LogP contribution >= 0.6 is 11.6 Å². The lowest BCUT2D eigenvalue weighted by Crippen LogP contribution is -2.25. The fourth-order valence-electron chi connectivity index (χ4n) is 4.38. The number of allylic oxidation sites excluding steroid dienone is 1. The van der Waals surface area contributed by atoms with Gasteiger partial charge in [0.15, 0.2) is 5.78 Å². The van der Waals surface area contributed by atoms with Gasteiger partial charge in [0.1, 0.15) is 5.76 Å². The van der Waals surface area contributed by atoms with Crippen LogP contribution in [0, 0.1) is 6.92 Å². The molecular formula is C29H24ClNO2. The lowest BCUT2D eigenvalue weighted by atomic mass is 9.96. The number of hydrogen-bond acceptors (Lipinski definition) is 3. The average molecular weight is 454 g/mol. The van der Waals surface area contributed by atoms with Crippen molar-refractivity contribution < 1.29 is 9.21 Å². The van der Waals surface area contributed by atoms with E-state index in [-0.39, 0.29) is 5.78 Å². The second-order valence-electron chi connectivity index (χ2n) is 8.23. The van der Waals surface area contributed by atoms with Gasteiger partial charge >= 0.3 is 0 Å². The van der Waals surface area contributed by atoms with Gasteiger partial charge in [0.25, 0.3) is 0 Å². The number of rotatable bonds is 4. The number of nitrogens with zero attached hydrogens (tertiary/aromatic N) is 1. The van der Waals surface area contributed by atoms with Crippen LogP contribution in [0.25, 0.3) is 11.3 Å². The lowest BCUT2D eigenvalue weighted by molar-refractivity contribution is 0.103. The number of furan rings is 1. The van der Waals surface area contributed by atoms with Crippen molar-refractivity contribution in [3.05, 3.63) is 118 Å². The Morgan fingerprint density at radius 2 is 1.58 bits per heavy atom. The van der Waals surface area contributed by atoms with Crippen molar-refractivity contribution in [2.75, 3.05) is 11.4 Å². The van der Waals surface area contributed by atoms with Crippen LogP contribution in [0.2, 0.25) is 5.02 Å². The Bertz CT molecular complexity index is 1310. The first-order chi connectivity index (χ1) is 16.1. The van der Waals surface area contributed by atoms with Gasteiger partial charge in [-0.15, -0.1) is 0 Å². The summed E-state index contributed by atoms with van der Waals surface area (Å²) >= 11 is 6.17. The molecule has 0 saturated heterocycles. The fourth-order valence-corrected chi connectivity index (χ4v) is 4.50. The highest BCUT2D eigenvalue weighted by molar-refractivity contribution is 6.30. The summed E-state index contributed by atoms with van der Waals surface area (Å²) < 4.78 is 6.54. The van der Waals surface area contributed by atoms with Crippen LogP contribution in [0.1, 0.15) is 27.9 Å². The smallest absolute Gasteiger partial charge is 0.204 e. The van der Waals surface area contributed by atoms with Crippen LogP contribution in [0.5, 0.6) is 0 Å². The Hall–Kier alpha value is -3.56. The normalized spacial score (nSPS) is 13.6. The number of carbonyl (C=O) groups excluding carboxylic acids is 1. The second kappa shape index (κ2) is 9.13. The van der Waals surface area contributed by atoms with E-state index in [0.29, 0.717) is 17.1 Å². The maximum absolute atomic E-state index is 13.4. The van der Waals surface area contributed by atoms with Gasteiger partial charge in [0.05, 0.1) is 6.54 Å². The van der Waals surface area contributed by atoms with Crippen LogP contribution in [0.15, 0.2) is 101 Å². The Balaban J connectivity index is 1.61. The van der Waals surface area contributed by atoms with Gasteiger partial charge in [-0.05, 0) is 44.0 Å². The SMILES string of the molecule is Cc1c(-c2ccccc2)oc2c1CCC=C(C(=O)c1ccccc1)CN2c1ccc(Cl)cc1. The molecule has 1 aromatic heterocycles. The average Bonchev–Trinajstić information content (AvgIpc) is 3.16. The van der Waals surface area contributed by atoms with Gasteiger partial charge in [0, 0.05) is 38.5 Å². The zero-order chi connectivity index (χ0) is 22.8. The van der Waals surface area contributed by atoms with Crippen LogP contribution in [0.4, 0.5) is 11.6 Å². The minimum absolute atomic E-state index is 0.0459. The van der Waals surface area contributed by atoms with Gasteiger partial charge < -0.3 is 9.32 Å². The second-order valence-corrected chi connectivity index (χ2v) is 8.67. The minimum atomic E-state index is 0.0459. The number of Topliss-reactive ketones (excluding diaryl/α,β-unsaturated/α-hetero) is 1. The first-order valence-corrected chi connectivity index (χ1v) is 11.5. The summed E-state index contributed by atoms with van der Waals surface area (Å²) in [5, 5.41) is 0.669. The summed E-state index contributed by atoms with van der Waals surface area (Å²) in [6, 6.07) is 27.3. The molecule has 164 valence electrons. The largest absolute Gasteiger partial charge is 0.440 e. The molecule has 0 bridgehead atoms. The van der Waals surface area contributed by atoms with Gasteiger partial charge in [-0.25, -0.2) is 0 Å². The van der Waals surface area contributed by atoms with Crippen molar-refractivity contribution in [1.29, 1.82) is 0 Å². The van der Waals surface area contributed by atoms with E-state index in [4.69, 9.17) is 16.0 Å². The van der Waals surface area contributed by atoms with E-state index in [1.54, 1.807) is 0 Å². The molecule has 0 unspecified atom stereocenters. The van der Waals surface area contributed by atoms with Crippen LogP contribution in [-0.4, -0.2) is 12.3 Å². The minimum Gasteiger partial charge on any atom is -0.440 e. The Kier molecular flexibility index (Phi) is 5.89. The fraction of sp³-hybridized carbons (Fsp3) is 0.138. The van der Waals surface area contributed by atoms with Gasteiger partial charge in [-0.3, -0.25) is 4.79 Å². The van der Waals surface area contributed by atoms with Gasteiger partial charge in [-0.2, -0.15) is 0 Å². The molecule has 0 radical (unpaired) electrons. The van der Waals surface area contributed by atoms with E-state index in [1.807, 2.05) is 72.8 Å². The summed E-state index contributed by atoms with van der Waals surface area (Å²) in [6.07, 6.45) is 3.66. The maximum atomic E-state index is 13.4. The first kappa shape index (κ1) is 21.3. The molecular weight excluding hydrogens is 430 g/mol. The Labute approximate surface area is 198 Å². The molecule has 0 aliphatic carbocycles. The zero-order valence-corrected chi connectivity index (χ0v) is 19.2. The highest BCUT2D eigenvalue weighted by Crippen LogP contribution is 2.41. The van der Waals surface area contributed by atoms with E-state index >= 15 is 0 Å². The molecule has 1 aliphatic rings. The summed E-state index contributed by atoms with van der Waals surface area (Å²) in [5.74, 6) is 1.71. The van der Waals surface area contributed by atoms with Gasteiger partial charge in [-0.1, -0.05) is 78.3 Å². The number of fused-ring (bicyclic) bond motifs is 1. The van der Waals surface area contributed by atoms with Crippen molar-refractivity contribution in [3.63, 3.8) is 0 Å². The van der Waals surface area contributed by atoms with Crippen molar-refractivity contribution >= 4 is 29.0 Å². The van der Waals surface area contributed by atoms with Gasteiger partial charge in [0.2, 0.25) is 5.88 Å². The molecule has 4 heteroatoms. The summed E-state index contributed by atoms with van der Waals surface area (Å²) in [6.45, 7) is 2.54. The van der Waals surface area contributed by atoms with E-state index in [2.05, 4.69) is 30.0 Å². The third-order valence-corrected chi connectivity index (χ3v) is 6.36. The molecule has 0 fully saturated rings. The van der Waals surface area contributed by atoms with Crippen molar-refractivity contribution in [2.45, 2.75) is 19.8 Å². The highest BCUT2D eigenvalue weighted by Gasteiger charge is 2.27. The molecule has 0 atom stereocenters. The van der Waals surface area contributed by atoms with E-state index in [0.717, 1.165) is 46.9 Å². The molecule has 3 aromatic carbocycles. The quantitative estimate of drug-likeness (QED) is 0.295. The number of ketones is 1. The van der Waals surface area contributed by atoms with Crippen molar-refractivity contribution in [3.8, 4) is 11.3 Å². The number of halogens is 1. The molecule has 1 aliphatic heterocycles. The number of anilines is 2. The number of benzene rings is 3. The topological polar surface area (TPSA) is 33.5 Å².